The smallest absolute Gasteiger partial charge is 0.269 e. The van der Waals surface area contributed by atoms with Crippen LogP contribution in [0.3, 0.4) is 0 Å². The van der Waals surface area contributed by atoms with E-state index >= 15 is 0 Å². The van der Waals surface area contributed by atoms with Crippen LogP contribution in [0, 0.1) is 10.1 Å². The van der Waals surface area contributed by atoms with Crippen molar-refractivity contribution in [3.63, 3.8) is 0 Å². The summed E-state index contributed by atoms with van der Waals surface area (Å²) in [5.41, 5.74) is 1.29. The van der Waals surface area contributed by atoms with Crippen molar-refractivity contribution >= 4 is 22.5 Å². The molecule has 1 aromatic heterocycles. The molecule has 1 atom stereocenters. The summed E-state index contributed by atoms with van der Waals surface area (Å²) in [6.45, 7) is 1.99. The van der Waals surface area contributed by atoms with Crippen LogP contribution in [0.4, 0.5) is 5.69 Å². The highest BCUT2D eigenvalue weighted by atomic mass is 16.6. The highest BCUT2D eigenvalue weighted by Gasteiger charge is 2.23. The minimum absolute atomic E-state index is 0.0506. The Balaban J connectivity index is 2.08. The molecular formula is C21H21N3O4. The molecule has 2 aromatic carbocycles. The number of carbonyl (C=O) groups excluding carboxylic acids is 1. The van der Waals surface area contributed by atoms with Gasteiger partial charge in [0.1, 0.15) is 11.3 Å². The fourth-order valence-electron chi connectivity index (χ4n) is 3.11. The van der Waals surface area contributed by atoms with E-state index in [1.807, 2.05) is 13.0 Å². The maximum absolute atomic E-state index is 12.4. The van der Waals surface area contributed by atoms with Gasteiger partial charge in [-0.3, -0.25) is 19.9 Å². The van der Waals surface area contributed by atoms with Crippen LogP contribution in [-0.4, -0.2) is 20.9 Å². The summed E-state index contributed by atoms with van der Waals surface area (Å²) < 4.78 is 0. The number of nitrogens with one attached hydrogen (secondary N) is 1. The molecular weight excluding hydrogens is 358 g/mol. The molecule has 7 nitrogen and oxygen atoms in total. The number of hydrogen-bond donors (Lipinski definition) is 2. The zero-order valence-corrected chi connectivity index (χ0v) is 15.5. The first-order chi connectivity index (χ1) is 13.5. The SMILES string of the molecule is CCCCC(=O)N[C@@H](c1cccc([N+](=O)[O-])c1)c1ccc2cccnc2c1O. The number of nitrogens with zero attached hydrogens (tertiary/aromatic N) is 2. The fraction of sp³-hybridized carbons (Fsp3) is 0.238. The molecule has 0 aliphatic rings. The number of phenolic OH excluding ortho intramolecular Hbond substituents is 1. The van der Waals surface area contributed by atoms with E-state index in [0.717, 1.165) is 18.2 Å². The lowest BCUT2D eigenvalue weighted by molar-refractivity contribution is -0.384. The first kappa shape index (κ1) is 19.3. The van der Waals surface area contributed by atoms with Crippen molar-refractivity contribution in [1.29, 1.82) is 0 Å². The van der Waals surface area contributed by atoms with Crippen LogP contribution in [0.25, 0.3) is 10.9 Å². The summed E-state index contributed by atoms with van der Waals surface area (Å²) in [6.07, 6.45) is 3.53. The topological polar surface area (TPSA) is 105 Å². The molecule has 0 saturated carbocycles. The van der Waals surface area contributed by atoms with Gasteiger partial charge in [0.15, 0.2) is 0 Å². The maximum atomic E-state index is 12.4. The fourth-order valence-corrected chi connectivity index (χ4v) is 3.11. The Hall–Kier alpha value is -3.48. The average Bonchev–Trinajstić information content (AvgIpc) is 2.71. The quantitative estimate of drug-likeness (QED) is 0.472. The Bertz CT molecular complexity index is 1020. The third kappa shape index (κ3) is 4.09. The number of unbranched alkanes of at least 4 members (excludes halogenated alkanes) is 1. The predicted molar refractivity (Wildman–Crippen MR) is 106 cm³/mol. The zero-order chi connectivity index (χ0) is 20.1. The van der Waals surface area contributed by atoms with Crippen LogP contribution in [0.15, 0.2) is 54.7 Å². The average molecular weight is 379 g/mol. The van der Waals surface area contributed by atoms with Gasteiger partial charge in [-0.25, -0.2) is 0 Å². The molecule has 28 heavy (non-hydrogen) atoms. The molecule has 144 valence electrons. The molecule has 0 aliphatic heterocycles. The third-order valence-corrected chi connectivity index (χ3v) is 4.57. The normalized spacial score (nSPS) is 11.9. The van der Waals surface area contributed by atoms with Crippen LogP contribution >= 0.6 is 0 Å². The third-order valence-electron chi connectivity index (χ3n) is 4.57. The Morgan fingerprint density at radius 3 is 2.82 bits per heavy atom. The summed E-state index contributed by atoms with van der Waals surface area (Å²) >= 11 is 0. The Morgan fingerprint density at radius 1 is 1.25 bits per heavy atom. The lowest BCUT2D eigenvalue weighted by atomic mass is 9.95. The summed E-state index contributed by atoms with van der Waals surface area (Å²) in [5.74, 6) is -0.232. The lowest BCUT2D eigenvalue weighted by Gasteiger charge is -2.21. The van der Waals surface area contributed by atoms with Crippen molar-refractivity contribution in [2.75, 3.05) is 0 Å². The number of carbonyl (C=O) groups is 1. The molecule has 0 spiro atoms. The molecule has 0 unspecified atom stereocenters. The molecule has 3 aromatic rings. The molecule has 3 rings (SSSR count). The van der Waals surface area contributed by atoms with E-state index in [2.05, 4.69) is 10.3 Å². The minimum Gasteiger partial charge on any atom is -0.505 e. The predicted octanol–water partition coefficient (Wildman–Crippen LogP) is 4.24. The van der Waals surface area contributed by atoms with Crippen LogP contribution < -0.4 is 5.32 Å². The summed E-state index contributed by atoms with van der Waals surface area (Å²) in [5, 5.41) is 25.6. The molecule has 0 aliphatic carbocycles. The largest absolute Gasteiger partial charge is 0.505 e. The molecule has 0 bridgehead atoms. The number of aromatic hydroxyl groups is 1. The van der Waals surface area contributed by atoms with E-state index in [4.69, 9.17) is 0 Å². The Morgan fingerprint density at radius 2 is 2.07 bits per heavy atom. The van der Waals surface area contributed by atoms with E-state index in [-0.39, 0.29) is 17.3 Å². The number of non-ortho nitro benzene ring substituents is 1. The number of fused-ring (bicyclic) bond motifs is 1. The number of hydrogen-bond acceptors (Lipinski definition) is 5. The minimum atomic E-state index is -0.726. The van der Waals surface area contributed by atoms with Crippen molar-refractivity contribution in [3.8, 4) is 5.75 Å². The number of nitro groups is 1. The van der Waals surface area contributed by atoms with Crippen molar-refractivity contribution in [1.82, 2.24) is 10.3 Å². The highest BCUT2D eigenvalue weighted by Crippen LogP contribution is 2.35. The Labute approximate surface area is 162 Å². The van der Waals surface area contributed by atoms with Crippen LogP contribution in [-0.2, 0) is 4.79 Å². The summed E-state index contributed by atoms with van der Waals surface area (Å²) in [7, 11) is 0. The Kier molecular flexibility index (Phi) is 5.84. The second-order valence-electron chi connectivity index (χ2n) is 6.53. The van der Waals surface area contributed by atoms with Crippen LogP contribution in [0.2, 0.25) is 0 Å². The standard InChI is InChI=1S/C21H21N3O4/c1-2-3-9-18(25)23-19(15-6-4-8-16(13-15)24(27)28)17-11-10-14-7-5-12-22-20(14)21(17)26/h4-8,10-13,19,26H,2-3,9H2,1H3,(H,23,25)/t19-/m0/s1. The van der Waals surface area contributed by atoms with E-state index < -0.39 is 11.0 Å². The van der Waals surface area contributed by atoms with Crippen molar-refractivity contribution in [2.45, 2.75) is 32.2 Å². The van der Waals surface area contributed by atoms with Gasteiger partial charge in [0.05, 0.1) is 11.0 Å². The first-order valence-corrected chi connectivity index (χ1v) is 9.11. The molecule has 0 saturated heterocycles. The highest BCUT2D eigenvalue weighted by molar-refractivity contribution is 5.86. The van der Waals surface area contributed by atoms with Gasteiger partial charge in [-0.15, -0.1) is 0 Å². The summed E-state index contributed by atoms with van der Waals surface area (Å²) in [4.78, 5) is 27.3. The molecule has 2 N–H and O–H groups in total. The van der Waals surface area contributed by atoms with Gasteiger partial charge in [0.25, 0.3) is 5.69 Å². The second-order valence-corrected chi connectivity index (χ2v) is 6.53. The molecule has 7 heteroatoms. The van der Waals surface area contributed by atoms with Gasteiger partial charge in [-0.1, -0.05) is 43.7 Å². The summed E-state index contributed by atoms with van der Waals surface area (Å²) in [6, 6.07) is 12.4. The maximum Gasteiger partial charge on any atom is 0.269 e. The van der Waals surface area contributed by atoms with Crippen molar-refractivity contribution in [2.24, 2.45) is 0 Å². The van der Waals surface area contributed by atoms with Gasteiger partial charge >= 0.3 is 0 Å². The number of benzene rings is 2. The zero-order valence-electron chi connectivity index (χ0n) is 15.5. The molecule has 0 radical (unpaired) electrons. The van der Waals surface area contributed by atoms with E-state index in [0.29, 0.717) is 23.1 Å². The first-order valence-electron chi connectivity index (χ1n) is 9.11. The van der Waals surface area contributed by atoms with Crippen molar-refractivity contribution < 1.29 is 14.8 Å². The van der Waals surface area contributed by atoms with E-state index in [1.54, 1.807) is 36.5 Å². The van der Waals surface area contributed by atoms with Gasteiger partial charge in [0, 0.05) is 35.7 Å². The van der Waals surface area contributed by atoms with E-state index in [9.17, 15) is 20.0 Å². The van der Waals surface area contributed by atoms with Crippen LogP contribution in [0.1, 0.15) is 43.4 Å². The molecule has 1 amide bonds. The lowest BCUT2D eigenvalue weighted by Crippen LogP contribution is -2.29. The van der Waals surface area contributed by atoms with E-state index in [1.165, 1.54) is 12.1 Å². The second kappa shape index (κ2) is 8.47. The molecule has 0 fully saturated rings. The number of aromatic nitrogens is 1. The van der Waals surface area contributed by atoms with Gasteiger partial charge < -0.3 is 10.4 Å². The van der Waals surface area contributed by atoms with Gasteiger partial charge in [0.2, 0.25) is 5.91 Å². The molecule has 1 heterocycles. The number of pyridine rings is 1. The number of amides is 1. The number of phenols is 1. The van der Waals surface area contributed by atoms with Crippen molar-refractivity contribution in [3.05, 3.63) is 76.0 Å². The van der Waals surface area contributed by atoms with Crippen LogP contribution in [0.5, 0.6) is 5.75 Å². The number of nitro benzene ring substituents is 1. The number of rotatable bonds is 7. The monoisotopic (exact) mass is 379 g/mol. The van der Waals surface area contributed by atoms with Gasteiger partial charge in [-0.05, 0) is 18.1 Å². The van der Waals surface area contributed by atoms with Gasteiger partial charge in [-0.2, -0.15) is 0 Å².